The number of benzene rings is 2. The summed E-state index contributed by atoms with van der Waals surface area (Å²) < 4.78 is 78.5. The first-order chi connectivity index (χ1) is 18.3. The van der Waals surface area contributed by atoms with E-state index in [0.717, 1.165) is 10.9 Å². The smallest absolute Gasteiger partial charge is 0.188 e. The zero-order valence-corrected chi connectivity index (χ0v) is 22.5. The Morgan fingerprint density at radius 3 is 1.51 bits per heavy atom. The van der Waals surface area contributed by atoms with Crippen molar-refractivity contribution in [1.29, 1.82) is 0 Å². The van der Waals surface area contributed by atoms with Gasteiger partial charge in [0.1, 0.15) is 45.2 Å². The van der Waals surface area contributed by atoms with Crippen molar-refractivity contribution in [3.05, 3.63) is 104 Å². The lowest BCUT2D eigenvalue weighted by atomic mass is 10.1. The quantitative estimate of drug-likeness (QED) is 0.136. The summed E-state index contributed by atoms with van der Waals surface area (Å²) in [6.45, 7) is -0.460. The molecule has 0 unspecified atom stereocenters. The minimum atomic E-state index is -1.27. The number of nitrogens with zero attached hydrogens (tertiary/aromatic N) is 3. The van der Waals surface area contributed by atoms with Crippen molar-refractivity contribution in [2.45, 2.75) is 6.54 Å². The van der Waals surface area contributed by atoms with Crippen LogP contribution in [0.15, 0.2) is 36.9 Å². The van der Waals surface area contributed by atoms with E-state index in [0.29, 0.717) is 34.6 Å². The molecule has 4 rings (SSSR count). The number of carbonyl (C=O) groups is 2. The molecule has 0 atom stereocenters. The van der Waals surface area contributed by atoms with Crippen molar-refractivity contribution in [2.24, 2.45) is 0 Å². The number of hydrogen-bond acceptors (Lipinski definition) is 4. The molecule has 0 aliphatic carbocycles. The monoisotopic (exact) mass is 652 g/mol. The topological polar surface area (TPSA) is 80.6 Å². The van der Waals surface area contributed by atoms with Crippen LogP contribution < -0.4 is 0 Å². The summed E-state index contributed by atoms with van der Waals surface area (Å²) in [6, 6.07) is 1.73. The van der Waals surface area contributed by atoms with Crippen molar-refractivity contribution >= 4 is 69.6 Å². The van der Waals surface area contributed by atoms with Gasteiger partial charge in [0.25, 0.3) is 0 Å². The molecular weight excluding hydrogens is 644 g/mol. The number of Topliss-reactive ketones (excluding diaryl/α,β-unsaturated/α-hetero) is 2. The number of ketones is 2. The van der Waals surface area contributed by atoms with E-state index in [9.17, 15) is 35.9 Å². The molecule has 17 heteroatoms. The lowest BCUT2D eigenvalue weighted by molar-refractivity contribution is 0.0962. The molecule has 0 saturated carbocycles. The van der Waals surface area contributed by atoms with Crippen molar-refractivity contribution < 1.29 is 35.9 Å². The van der Waals surface area contributed by atoms with E-state index < -0.39 is 70.0 Å². The number of hydrogen-bond donors (Lipinski definition) is 1. The van der Waals surface area contributed by atoms with Gasteiger partial charge in [0.2, 0.25) is 0 Å². The molecule has 0 fully saturated rings. The average molecular weight is 655 g/mol. The highest BCUT2D eigenvalue weighted by atomic mass is 35.5. The van der Waals surface area contributed by atoms with Gasteiger partial charge in [0.05, 0.1) is 36.2 Å². The molecule has 0 spiro atoms. The highest BCUT2D eigenvalue weighted by molar-refractivity contribution is 6.41. The van der Waals surface area contributed by atoms with Gasteiger partial charge in [0.15, 0.2) is 21.9 Å². The molecule has 0 saturated heterocycles. The number of halogens is 11. The number of aromatic nitrogens is 4. The molecule has 0 amide bonds. The van der Waals surface area contributed by atoms with E-state index in [-0.39, 0.29) is 10.3 Å². The Morgan fingerprint density at radius 2 is 1.21 bits per heavy atom. The van der Waals surface area contributed by atoms with Crippen LogP contribution in [-0.4, -0.2) is 37.0 Å². The van der Waals surface area contributed by atoms with Gasteiger partial charge in [-0.2, -0.15) is 0 Å². The van der Waals surface area contributed by atoms with E-state index in [4.69, 9.17) is 58.0 Å². The lowest BCUT2D eigenvalue weighted by Gasteiger charge is -2.06. The third-order valence-corrected chi connectivity index (χ3v) is 5.97. The molecule has 0 aliphatic rings. The summed E-state index contributed by atoms with van der Waals surface area (Å²) in [5.41, 5.74) is -1.63. The fourth-order valence-corrected chi connectivity index (χ4v) is 3.27. The van der Waals surface area contributed by atoms with Gasteiger partial charge < -0.3 is 9.55 Å². The minimum absolute atomic E-state index is 0.0297. The maximum Gasteiger partial charge on any atom is 0.188 e. The summed E-state index contributed by atoms with van der Waals surface area (Å²) in [4.78, 5) is 32.4. The van der Waals surface area contributed by atoms with E-state index in [1.165, 1.54) is 6.33 Å². The van der Waals surface area contributed by atoms with Crippen molar-refractivity contribution in [1.82, 2.24) is 19.5 Å². The summed E-state index contributed by atoms with van der Waals surface area (Å²) in [5, 5.41) is 0.649. The first-order valence-electron chi connectivity index (χ1n) is 9.88. The number of alkyl halides is 1. The molecule has 39 heavy (non-hydrogen) atoms. The molecule has 1 N–H and O–H groups in total. The average Bonchev–Trinajstić information content (AvgIpc) is 3.36. The Morgan fingerprint density at radius 1 is 0.744 bits per heavy atom. The molecule has 0 bridgehead atoms. The number of H-pyrrole nitrogens is 1. The minimum Gasteiger partial charge on any atom is -0.334 e. The normalized spacial score (nSPS) is 10.3. The summed E-state index contributed by atoms with van der Waals surface area (Å²) in [6.07, 6.45) is 2.59. The van der Waals surface area contributed by atoms with Crippen LogP contribution in [0.4, 0.5) is 26.3 Å². The standard InChI is InChI=1S/C11H5Cl2F3N2O.C8H4ClF3O.C3H2Cl2N2/c12-10-11(13)18(4-17-10)3-8(19)9-6(15)1-5(14)2-7(9)16;9-3-7(13)8-5(11)1-4(10)2-6(8)12;4-2-3(5)7-1-6-2/h1-2,4H,3H2;1-2H,3H2;1H,(H,6,7). The molecule has 2 heterocycles. The van der Waals surface area contributed by atoms with E-state index in [1.807, 2.05) is 0 Å². The second-order valence-corrected chi connectivity index (χ2v) is 8.65. The van der Waals surface area contributed by atoms with E-state index in [2.05, 4.69) is 15.0 Å². The van der Waals surface area contributed by atoms with Gasteiger partial charge in [-0.3, -0.25) is 9.59 Å². The Bertz CT molecular complexity index is 1440. The summed E-state index contributed by atoms with van der Waals surface area (Å²) >= 11 is 27.1. The largest absolute Gasteiger partial charge is 0.334 e. The lowest BCUT2D eigenvalue weighted by Crippen LogP contribution is -2.14. The van der Waals surface area contributed by atoms with Gasteiger partial charge >= 0.3 is 0 Å². The van der Waals surface area contributed by atoms with E-state index in [1.54, 1.807) is 0 Å². The van der Waals surface area contributed by atoms with Crippen LogP contribution in [0, 0.1) is 34.9 Å². The van der Waals surface area contributed by atoms with Crippen LogP contribution >= 0.6 is 58.0 Å². The number of rotatable bonds is 5. The SMILES string of the molecule is Clc1nc[nH]c1Cl.O=C(CCl)c1c(F)cc(F)cc1F.O=C(Cn1cnc(Cl)c1Cl)c1c(F)cc(F)cc1F. The molecule has 208 valence electrons. The van der Waals surface area contributed by atoms with Crippen LogP contribution in [-0.2, 0) is 6.54 Å². The van der Waals surface area contributed by atoms with Gasteiger partial charge in [0, 0.05) is 24.3 Å². The summed E-state index contributed by atoms with van der Waals surface area (Å²) in [7, 11) is 0. The summed E-state index contributed by atoms with van der Waals surface area (Å²) in [5.74, 6) is -9.54. The highest BCUT2D eigenvalue weighted by Crippen LogP contribution is 2.22. The molecule has 0 radical (unpaired) electrons. The number of aromatic amines is 1. The second-order valence-electron chi connectivity index (χ2n) is 6.93. The van der Waals surface area contributed by atoms with E-state index >= 15 is 0 Å². The van der Waals surface area contributed by atoms with Crippen LogP contribution in [0.25, 0.3) is 0 Å². The maximum absolute atomic E-state index is 13.4. The molecule has 6 nitrogen and oxygen atoms in total. The fraction of sp³-hybridized carbons (Fsp3) is 0.0909. The Labute approximate surface area is 240 Å². The van der Waals surface area contributed by atoms with Crippen LogP contribution in [0.1, 0.15) is 20.7 Å². The predicted octanol–water partition coefficient (Wildman–Crippen LogP) is 7.73. The molecule has 2 aromatic carbocycles. The van der Waals surface area contributed by atoms with Crippen LogP contribution in [0.3, 0.4) is 0 Å². The van der Waals surface area contributed by atoms with Crippen LogP contribution in [0.5, 0.6) is 0 Å². The number of imidazole rings is 2. The van der Waals surface area contributed by atoms with Crippen molar-refractivity contribution in [3.8, 4) is 0 Å². The van der Waals surface area contributed by atoms with Gasteiger partial charge in [-0.25, -0.2) is 36.3 Å². The third kappa shape index (κ3) is 8.87. The number of carbonyl (C=O) groups excluding carboxylic acids is 2. The van der Waals surface area contributed by atoms with Gasteiger partial charge in [-0.15, -0.1) is 11.6 Å². The first kappa shape index (κ1) is 32.4. The maximum atomic E-state index is 13.4. The Balaban J connectivity index is 0.000000229. The molecular formula is C22H11Cl5F6N4O2. The Kier molecular flexibility index (Phi) is 12.1. The zero-order valence-electron chi connectivity index (χ0n) is 18.7. The predicted molar refractivity (Wildman–Crippen MR) is 133 cm³/mol. The second kappa shape index (κ2) is 14.6. The van der Waals surface area contributed by atoms with Crippen molar-refractivity contribution in [3.63, 3.8) is 0 Å². The number of nitrogens with one attached hydrogen (secondary N) is 1. The van der Waals surface area contributed by atoms with Gasteiger partial charge in [-0.1, -0.05) is 46.4 Å². The zero-order chi connectivity index (χ0) is 29.4. The highest BCUT2D eigenvalue weighted by Gasteiger charge is 2.21. The fourth-order valence-electron chi connectivity index (χ4n) is 2.63. The molecule has 0 aliphatic heterocycles. The van der Waals surface area contributed by atoms with Crippen LogP contribution in [0.2, 0.25) is 20.6 Å². The first-order valence-corrected chi connectivity index (χ1v) is 11.9. The van der Waals surface area contributed by atoms with Crippen molar-refractivity contribution in [2.75, 3.05) is 5.88 Å². The third-order valence-electron chi connectivity index (χ3n) is 4.29. The van der Waals surface area contributed by atoms with Gasteiger partial charge in [-0.05, 0) is 0 Å². The molecule has 2 aromatic heterocycles. The molecule has 4 aromatic rings. The Hall–Kier alpha value is -2.77.